The van der Waals surface area contributed by atoms with E-state index in [2.05, 4.69) is 6.08 Å². The molecule has 2 fully saturated rings. The minimum absolute atomic E-state index is 0.133. The summed E-state index contributed by atoms with van der Waals surface area (Å²) in [5, 5.41) is 10.8. The van der Waals surface area contributed by atoms with E-state index < -0.39 is 35.0 Å². The molecule has 1 aliphatic heterocycles. The number of fused-ring (bicyclic) bond motifs is 4. The van der Waals surface area contributed by atoms with Gasteiger partial charge in [-0.2, -0.15) is 0 Å². The lowest BCUT2D eigenvalue weighted by Crippen LogP contribution is -2.58. The zero-order valence-electron chi connectivity index (χ0n) is 27.5. The van der Waals surface area contributed by atoms with Gasteiger partial charge in [0.1, 0.15) is 5.75 Å². The average Bonchev–Trinajstić information content (AvgIpc) is 3.36. The van der Waals surface area contributed by atoms with Crippen LogP contribution >= 0.6 is 0 Å². The van der Waals surface area contributed by atoms with Gasteiger partial charge in [0.15, 0.2) is 11.6 Å². The van der Waals surface area contributed by atoms with Crippen LogP contribution in [-0.2, 0) is 31.1 Å². The van der Waals surface area contributed by atoms with Crippen LogP contribution < -0.4 is 0 Å². The highest BCUT2D eigenvalue weighted by Gasteiger charge is 2.65. The maximum atomic E-state index is 15.1. The van der Waals surface area contributed by atoms with Crippen molar-refractivity contribution in [3.8, 4) is 5.75 Å². The molecule has 49 heavy (non-hydrogen) atoms. The maximum Gasteiger partial charge on any atom is 0.234 e. The molecule has 4 aromatic rings. The van der Waals surface area contributed by atoms with Crippen molar-refractivity contribution in [2.45, 2.75) is 44.6 Å². The number of rotatable bonds is 5. The highest BCUT2D eigenvalue weighted by Crippen LogP contribution is 2.64. The smallest absolute Gasteiger partial charge is 0.234 e. The number of carbonyl (C=O) groups excluding carboxylic acids is 4. The quantitative estimate of drug-likeness (QED) is 0.186. The molecule has 0 bridgehead atoms. The van der Waals surface area contributed by atoms with Gasteiger partial charge in [-0.3, -0.25) is 24.1 Å². The third-order valence-corrected chi connectivity index (χ3v) is 11.5. The van der Waals surface area contributed by atoms with E-state index in [9.17, 15) is 14.7 Å². The first-order valence-corrected chi connectivity index (χ1v) is 17.0. The molecule has 2 amide bonds. The second-order valence-electron chi connectivity index (χ2n) is 14.0. The largest absolute Gasteiger partial charge is 0.507 e. The summed E-state index contributed by atoms with van der Waals surface area (Å²) >= 11 is 0. The number of aromatic hydroxyl groups is 1. The molecule has 1 saturated heterocycles. The molecule has 0 spiro atoms. The maximum absolute atomic E-state index is 15.1. The van der Waals surface area contributed by atoms with Crippen molar-refractivity contribution in [2.24, 2.45) is 23.7 Å². The number of likely N-dealkylation sites (tertiary alicyclic amines) is 1. The molecule has 6 atom stereocenters. The Kier molecular flexibility index (Phi) is 7.36. The highest BCUT2D eigenvalue weighted by atomic mass is 16.3. The lowest BCUT2D eigenvalue weighted by Gasteiger charge is -2.55. The van der Waals surface area contributed by atoms with Crippen molar-refractivity contribution in [2.75, 3.05) is 0 Å². The van der Waals surface area contributed by atoms with Crippen molar-refractivity contribution < 1.29 is 24.3 Å². The standard InChI is InChI=1S/C43H37NO5/c1-25-20-29(21-26(2)39(25)46)38-31-18-19-32-37(42(49)44(41(32)48)24-27-12-6-3-7-13-27)34(31)22-35-40(47)33(28-14-8-4-9-15-28)23-36(45)43(35,38)30-16-10-5-11-17-30/h3-18,20-21,23,32,34-35,37-38,46H,19,22,24H2,1-2H3/t32-,34+,35-,37-,38-,43-/m0/s1. The van der Waals surface area contributed by atoms with Crippen LogP contribution in [0.3, 0.4) is 0 Å². The van der Waals surface area contributed by atoms with Crippen molar-refractivity contribution in [1.82, 2.24) is 4.90 Å². The van der Waals surface area contributed by atoms with E-state index in [-0.39, 0.29) is 42.1 Å². The molecule has 6 heteroatoms. The fraction of sp³-hybridized carbons (Fsp3) is 0.256. The van der Waals surface area contributed by atoms with E-state index in [0.717, 1.165) is 22.3 Å². The normalized spacial score (nSPS) is 27.6. The molecule has 4 aliphatic rings. The van der Waals surface area contributed by atoms with Gasteiger partial charge < -0.3 is 5.11 Å². The molecule has 8 rings (SSSR count). The Morgan fingerprint density at radius 2 is 1.39 bits per heavy atom. The summed E-state index contributed by atoms with van der Waals surface area (Å²) in [7, 11) is 0. The second kappa shape index (κ2) is 11.7. The van der Waals surface area contributed by atoms with Crippen molar-refractivity contribution in [1.29, 1.82) is 0 Å². The zero-order valence-corrected chi connectivity index (χ0v) is 27.5. The Labute approximate surface area is 285 Å². The minimum atomic E-state index is -1.29. The van der Waals surface area contributed by atoms with Gasteiger partial charge in [0.05, 0.1) is 23.8 Å². The van der Waals surface area contributed by atoms with Crippen LogP contribution in [0.15, 0.2) is 121 Å². The Hall–Kier alpha value is -5.36. The van der Waals surface area contributed by atoms with Gasteiger partial charge in [0.25, 0.3) is 0 Å². The third-order valence-electron chi connectivity index (χ3n) is 11.5. The van der Waals surface area contributed by atoms with Gasteiger partial charge in [-0.1, -0.05) is 115 Å². The minimum Gasteiger partial charge on any atom is -0.507 e. The molecule has 3 aliphatic carbocycles. The Morgan fingerprint density at radius 3 is 2.04 bits per heavy atom. The van der Waals surface area contributed by atoms with Gasteiger partial charge >= 0.3 is 0 Å². The van der Waals surface area contributed by atoms with Crippen molar-refractivity contribution in [3.63, 3.8) is 0 Å². The molecular formula is C43H37NO5. The number of Topliss-reactive ketones (excluding diaryl/α,β-unsaturated/α-hetero) is 1. The summed E-state index contributed by atoms with van der Waals surface area (Å²) < 4.78 is 0. The van der Waals surface area contributed by atoms with Crippen LogP contribution in [0, 0.1) is 37.5 Å². The lowest BCUT2D eigenvalue weighted by molar-refractivity contribution is -0.141. The molecule has 4 aromatic carbocycles. The monoisotopic (exact) mass is 647 g/mol. The van der Waals surface area contributed by atoms with Crippen LogP contribution in [-0.4, -0.2) is 33.4 Å². The molecule has 0 unspecified atom stereocenters. The van der Waals surface area contributed by atoms with Crippen molar-refractivity contribution in [3.05, 3.63) is 154 Å². The van der Waals surface area contributed by atoms with E-state index in [1.807, 2.05) is 117 Å². The number of amides is 2. The fourth-order valence-corrected chi connectivity index (χ4v) is 9.39. The number of allylic oxidation sites excluding steroid dienone is 4. The highest BCUT2D eigenvalue weighted by molar-refractivity contribution is 6.31. The zero-order chi connectivity index (χ0) is 34.0. The fourth-order valence-electron chi connectivity index (χ4n) is 9.39. The number of nitrogens with zero attached hydrogens (tertiary/aromatic N) is 1. The van der Waals surface area contributed by atoms with E-state index in [1.54, 1.807) is 0 Å². The first-order valence-electron chi connectivity index (χ1n) is 17.0. The summed E-state index contributed by atoms with van der Waals surface area (Å²) in [5.74, 6) is -3.50. The average molecular weight is 648 g/mol. The first kappa shape index (κ1) is 30.9. The third kappa shape index (κ3) is 4.61. The molecule has 1 saturated carbocycles. The van der Waals surface area contributed by atoms with Crippen LogP contribution in [0.2, 0.25) is 0 Å². The van der Waals surface area contributed by atoms with E-state index >= 15 is 9.59 Å². The summed E-state index contributed by atoms with van der Waals surface area (Å²) in [6, 6.07) is 32.2. The van der Waals surface area contributed by atoms with Gasteiger partial charge in [-0.25, -0.2) is 0 Å². The van der Waals surface area contributed by atoms with Crippen LogP contribution in [0.4, 0.5) is 0 Å². The first-order chi connectivity index (χ1) is 23.7. The Balaban J connectivity index is 1.35. The number of aryl methyl sites for hydroxylation is 2. The molecule has 0 radical (unpaired) electrons. The summed E-state index contributed by atoms with van der Waals surface area (Å²) in [6.45, 7) is 3.88. The molecule has 1 N–H and O–H groups in total. The van der Waals surface area contributed by atoms with Crippen LogP contribution in [0.5, 0.6) is 5.75 Å². The Morgan fingerprint density at radius 1 is 0.776 bits per heavy atom. The number of phenols is 1. The molecule has 6 nitrogen and oxygen atoms in total. The van der Waals surface area contributed by atoms with Crippen LogP contribution in [0.25, 0.3) is 5.57 Å². The number of hydrogen-bond donors (Lipinski definition) is 1. The van der Waals surface area contributed by atoms with E-state index in [4.69, 9.17) is 0 Å². The summed E-state index contributed by atoms with van der Waals surface area (Å²) in [5.41, 5.74) is 4.45. The van der Waals surface area contributed by atoms with Gasteiger partial charge in [-0.15, -0.1) is 0 Å². The number of carbonyl (C=O) groups is 4. The van der Waals surface area contributed by atoms with Gasteiger partial charge in [-0.05, 0) is 72.1 Å². The Bertz CT molecular complexity index is 2060. The summed E-state index contributed by atoms with van der Waals surface area (Å²) in [4.78, 5) is 59.9. The van der Waals surface area contributed by atoms with E-state index in [1.165, 1.54) is 11.0 Å². The number of hydrogen-bond acceptors (Lipinski definition) is 5. The number of ketones is 2. The van der Waals surface area contributed by atoms with Gasteiger partial charge in [0, 0.05) is 17.4 Å². The van der Waals surface area contributed by atoms with Crippen LogP contribution in [0.1, 0.15) is 52.1 Å². The number of phenolic OH excluding ortho intramolecular Hbond substituents is 1. The number of benzene rings is 4. The SMILES string of the molecule is Cc1cc([C@H]2C3=CC[C@@H]4C(=O)N(Cc5ccccc5)C(=O)[C@@H]4[C@@H]3C[C@H]3C(=O)C(c4ccccc4)=CC(=O)[C@@]23c2ccccc2)cc(C)c1O. The molecular weight excluding hydrogens is 610 g/mol. The topological polar surface area (TPSA) is 91.8 Å². The summed E-state index contributed by atoms with van der Waals surface area (Å²) in [6.07, 6.45) is 4.26. The molecule has 1 heterocycles. The lowest BCUT2D eigenvalue weighted by atomic mass is 9.44. The van der Waals surface area contributed by atoms with Gasteiger partial charge in [0.2, 0.25) is 11.8 Å². The molecule has 0 aromatic heterocycles. The second-order valence-corrected chi connectivity index (χ2v) is 14.0. The van der Waals surface area contributed by atoms with E-state index in [0.29, 0.717) is 28.7 Å². The van der Waals surface area contributed by atoms with Crippen molar-refractivity contribution >= 4 is 29.0 Å². The predicted octanol–water partition coefficient (Wildman–Crippen LogP) is 7.03. The molecule has 244 valence electrons. The predicted molar refractivity (Wildman–Crippen MR) is 186 cm³/mol. The number of imide groups is 1.